The highest BCUT2D eigenvalue weighted by Crippen LogP contribution is 2.22. The van der Waals surface area contributed by atoms with Crippen LogP contribution in [0.3, 0.4) is 0 Å². The number of ether oxygens (including phenoxy) is 3. The zero-order chi connectivity index (χ0) is 30.8. The van der Waals surface area contributed by atoms with Crippen LogP contribution >= 0.6 is 0 Å². The minimum Gasteiger partial charge on any atom is -0.497 e. The molecular formula is C33H42N2O7S. The molecule has 0 aliphatic carbocycles. The Labute approximate surface area is 254 Å². The number of rotatable bonds is 15. The van der Waals surface area contributed by atoms with Crippen LogP contribution in [0.4, 0.5) is 0 Å². The number of benzene rings is 3. The first-order chi connectivity index (χ1) is 20.6. The van der Waals surface area contributed by atoms with Crippen molar-refractivity contribution >= 4 is 15.9 Å². The van der Waals surface area contributed by atoms with Gasteiger partial charge in [0.15, 0.2) is 0 Å². The molecule has 0 aromatic heterocycles. The topological polar surface area (TPSA) is 114 Å². The predicted molar refractivity (Wildman–Crippen MR) is 165 cm³/mol. The third-order valence-corrected chi connectivity index (χ3v) is 9.09. The molecular weight excluding hydrogens is 568 g/mol. The van der Waals surface area contributed by atoms with Gasteiger partial charge in [-0.1, -0.05) is 56.3 Å². The van der Waals surface area contributed by atoms with E-state index >= 15 is 0 Å². The predicted octanol–water partition coefficient (Wildman–Crippen LogP) is 3.84. The lowest BCUT2D eigenvalue weighted by atomic mass is 10.00. The first kappa shape index (κ1) is 32.5. The van der Waals surface area contributed by atoms with Crippen molar-refractivity contribution in [1.29, 1.82) is 0 Å². The zero-order valence-electron chi connectivity index (χ0n) is 25.0. The molecule has 0 radical (unpaired) electrons. The first-order valence-corrected chi connectivity index (χ1v) is 16.1. The van der Waals surface area contributed by atoms with Gasteiger partial charge in [-0.05, 0) is 59.9 Å². The normalized spacial score (nSPS) is 16.7. The summed E-state index contributed by atoms with van der Waals surface area (Å²) >= 11 is 0. The lowest BCUT2D eigenvalue weighted by molar-refractivity contribution is -0.122. The summed E-state index contributed by atoms with van der Waals surface area (Å²) in [6.07, 6.45) is 0.163. The number of nitrogens with zero attached hydrogens (tertiary/aromatic N) is 1. The van der Waals surface area contributed by atoms with E-state index < -0.39 is 22.2 Å². The van der Waals surface area contributed by atoms with E-state index in [4.69, 9.17) is 14.2 Å². The van der Waals surface area contributed by atoms with E-state index in [2.05, 4.69) is 5.32 Å². The van der Waals surface area contributed by atoms with Gasteiger partial charge in [-0.3, -0.25) is 4.79 Å². The minimum atomic E-state index is -3.93. The highest BCUT2D eigenvalue weighted by atomic mass is 32.2. The van der Waals surface area contributed by atoms with Crippen molar-refractivity contribution < 1.29 is 32.5 Å². The van der Waals surface area contributed by atoms with Gasteiger partial charge in [0.2, 0.25) is 15.9 Å². The molecule has 1 unspecified atom stereocenters. The fourth-order valence-electron chi connectivity index (χ4n) is 4.99. The average molecular weight is 611 g/mol. The van der Waals surface area contributed by atoms with E-state index in [1.165, 1.54) is 23.5 Å². The van der Waals surface area contributed by atoms with Crippen molar-refractivity contribution in [3.63, 3.8) is 0 Å². The lowest BCUT2D eigenvalue weighted by Crippen LogP contribution is -2.51. The summed E-state index contributed by atoms with van der Waals surface area (Å²) < 4.78 is 45.0. The molecule has 0 bridgehead atoms. The number of sulfonamides is 1. The van der Waals surface area contributed by atoms with E-state index in [0.29, 0.717) is 25.4 Å². The highest BCUT2D eigenvalue weighted by molar-refractivity contribution is 7.89. The molecule has 232 valence electrons. The van der Waals surface area contributed by atoms with Crippen LogP contribution in [0.25, 0.3) is 0 Å². The zero-order valence-corrected chi connectivity index (χ0v) is 25.8. The van der Waals surface area contributed by atoms with Crippen LogP contribution < -0.4 is 14.8 Å². The van der Waals surface area contributed by atoms with Crippen LogP contribution in [0, 0.1) is 5.92 Å². The molecule has 2 N–H and O–H groups in total. The van der Waals surface area contributed by atoms with Crippen LogP contribution in [-0.4, -0.2) is 75.4 Å². The third kappa shape index (κ3) is 9.53. The lowest BCUT2D eigenvalue weighted by Gasteiger charge is -2.31. The minimum absolute atomic E-state index is 0.00975. The summed E-state index contributed by atoms with van der Waals surface area (Å²) in [6, 6.07) is 22.3. The van der Waals surface area contributed by atoms with Crippen LogP contribution in [0.5, 0.6) is 11.5 Å². The van der Waals surface area contributed by atoms with Gasteiger partial charge in [-0.15, -0.1) is 0 Å². The van der Waals surface area contributed by atoms with Crippen molar-refractivity contribution in [3.8, 4) is 11.5 Å². The van der Waals surface area contributed by atoms with E-state index in [9.17, 15) is 18.3 Å². The van der Waals surface area contributed by atoms with Gasteiger partial charge in [0.05, 0.1) is 43.8 Å². The number of hydrogen-bond donors (Lipinski definition) is 2. The molecule has 1 aliphatic rings. The Bertz CT molecular complexity index is 1390. The Balaban J connectivity index is 1.48. The fourth-order valence-corrected chi connectivity index (χ4v) is 6.61. The maximum atomic E-state index is 13.7. The van der Waals surface area contributed by atoms with Crippen LogP contribution in [-0.2, 0) is 32.4 Å². The Morgan fingerprint density at radius 3 is 2.26 bits per heavy atom. The molecule has 10 heteroatoms. The second-order valence-corrected chi connectivity index (χ2v) is 13.2. The maximum Gasteiger partial charge on any atom is 0.243 e. The van der Waals surface area contributed by atoms with Crippen LogP contribution in [0.15, 0.2) is 83.8 Å². The number of carbonyl (C=O) groups excluding carboxylic acids is 1. The SMILES string of the molecule is COc1ccc(S(=O)(=O)N(CC(C)C)C[C@@H](O)C(Cc2ccccc2)NC(=O)Cc2ccc(O[C@@H]3CCOC3)cc2)cc1. The van der Waals surface area contributed by atoms with Crippen molar-refractivity contribution in [2.24, 2.45) is 5.92 Å². The smallest absolute Gasteiger partial charge is 0.243 e. The average Bonchev–Trinajstić information content (AvgIpc) is 3.51. The molecule has 4 rings (SSSR count). The van der Waals surface area contributed by atoms with Gasteiger partial charge in [0.25, 0.3) is 0 Å². The van der Waals surface area contributed by atoms with E-state index in [-0.39, 0.29) is 42.3 Å². The van der Waals surface area contributed by atoms with E-state index in [1.807, 2.05) is 68.4 Å². The molecule has 1 aliphatic heterocycles. The molecule has 0 saturated carbocycles. The molecule has 1 amide bonds. The largest absolute Gasteiger partial charge is 0.497 e. The van der Waals surface area contributed by atoms with Crippen molar-refractivity contribution in [2.45, 2.75) is 56.3 Å². The number of aliphatic hydroxyl groups is 1. The number of aliphatic hydroxyl groups excluding tert-OH is 1. The summed E-state index contributed by atoms with van der Waals surface area (Å²) in [6.45, 7) is 5.14. The number of methoxy groups -OCH3 is 1. The summed E-state index contributed by atoms with van der Waals surface area (Å²) in [5.74, 6) is 1.01. The molecule has 3 atom stereocenters. The molecule has 1 fully saturated rings. The van der Waals surface area contributed by atoms with Crippen molar-refractivity contribution in [1.82, 2.24) is 9.62 Å². The maximum absolute atomic E-state index is 13.7. The Morgan fingerprint density at radius 1 is 0.977 bits per heavy atom. The molecule has 3 aromatic rings. The molecule has 0 spiro atoms. The Morgan fingerprint density at radius 2 is 1.65 bits per heavy atom. The summed E-state index contributed by atoms with van der Waals surface area (Å²) in [5.41, 5.74) is 1.71. The van der Waals surface area contributed by atoms with Gasteiger partial charge in [-0.2, -0.15) is 4.31 Å². The standard InChI is InChI=1S/C33H42N2O7S/c1-24(2)21-35(43(38,39)30-15-13-27(40-3)14-16-30)22-32(36)31(19-25-7-5-4-6-8-25)34-33(37)20-26-9-11-28(12-10-26)42-29-17-18-41-23-29/h4-16,24,29,31-32,36H,17-23H2,1-3H3,(H,34,37)/t29-,31?,32-/m1/s1. The number of carbonyl (C=O) groups is 1. The highest BCUT2D eigenvalue weighted by Gasteiger charge is 2.31. The van der Waals surface area contributed by atoms with E-state index in [0.717, 1.165) is 23.3 Å². The molecule has 3 aromatic carbocycles. The van der Waals surface area contributed by atoms with Gasteiger partial charge >= 0.3 is 0 Å². The van der Waals surface area contributed by atoms with Gasteiger partial charge < -0.3 is 24.6 Å². The molecule has 1 saturated heterocycles. The fraction of sp³-hybridized carbons (Fsp3) is 0.424. The van der Waals surface area contributed by atoms with Gasteiger partial charge in [0, 0.05) is 19.5 Å². The molecule has 9 nitrogen and oxygen atoms in total. The quantitative estimate of drug-likeness (QED) is 0.269. The third-order valence-electron chi connectivity index (χ3n) is 7.24. The second-order valence-electron chi connectivity index (χ2n) is 11.2. The monoisotopic (exact) mass is 610 g/mol. The molecule has 1 heterocycles. The van der Waals surface area contributed by atoms with Crippen LogP contribution in [0.2, 0.25) is 0 Å². The summed E-state index contributed by atoms with van der Waals surface area (Å²) in [5, 5.41) is 14.4. The number of nitrogens with one attached hydrogen (secondary N) is 1. The number of amides is 1. The number of hydrogen-bond acceptors (Lipinski definition) is 7. The first-order valence-electron chi connectivity index (χ1n) is 14.6. The Kier molecular flexibility index (Phi) is 11.6. The van der Waals surface area contributed by atoms with E-state index in [1.54, 1.807) is 12.1 Å². The second kappa shape index (κ2) is 15.3. The molecule has 43 heavy (non-hydrogen) atoms. The van der Waals surface area contributed by atoms with Crippen molar-refractivity contribution in [3.05, 3.63) is 90.0 Å². The van der Waals surface area contributed by atoms with Gasteiger partial charge in [-0.25, -0.2) is 8.42 Å². The summed E-state index contributed by atoms with van der Waals surface area (Å²) in [4.78, 5) is 13.3. The van der Waals surface area contributed by atoms with Crippen molar-refractivity contribution in [2.75, 3.05) is 33.4 Å². The van der Waals surface area contributed by atoms with Gasteiger partial charge in [0.1, 0.15) is 17.6 Å². The Hall–Kier alpha value is -3.44. The van der Waals surface area contributed by atoms with Crippen LogP contribution in [0.1, 0.15) is 31.4 Å². The summed E-state index contributed by atoms with van der Waals surface area (Å²) in [7, 11) is -2.41.